The van der Waals surface area contributed by atoms with Crippen LogP contribution in [-0.2, 0) is 0 Å². The molecule has 0 spiro atoms. The van der Waals surface area contributed by atoms with E-state index in [4.69, 9.17) is 15.6 Å². The molecule has 0 amide bonds. The number of para-hydroxylation sites is 1. The Labute approximate surface area is 92.4 Å². The lowest BCUT2D eigenvalue weighted by atomic mass is 10.2. The van der Waals surface area contributed by atoms with Gasteiger partial charge in [-0.2, -0.15) is 11.8 Å². The molecule has 0 saturated heterocycles. The van der Waals surface area contributed by atoms with Crippen molar-refractivity contribution in [3.63, 3.8) is 0 Å². The molecule has 1 aromatic rings. The Bertz CT molecular complexity index is 355. The van der Waals surface area contributed by atoms with E-state index in [1.807, 2.05) is 6.26 Å². The third-order valence-electron chi connectivity index (χ3n) is 1.81. The van der Waals surface area contributed by atoms with Crippen molar-refractivity contribution in [2.24, 2.45) is 0 Å². The van der Waals surface area contributed by atoms with Gasteiger partial charge < -0.3 is 15.6 Å². The van der Waals surface area contributed by atoms with Crippen molar-refractivity contribution in [2.45, 2.75) is 0 Å². The van der Waals surface area contributed by atoms with Crippen LogP contribution < -0.4 is 10.5 Å². The van der Waals surface area contributed by atoms with Crippen molar-refractivity contribution in [3.8, 4) is 5.75 Å². The van der Waals surface area contributed by atoms with E-state index in [0.717, 1.165) is 5.75 Å². The molecule has 0 aliphatic rings. The first-order valence-corrected chi connectivity index (χ1v) is 5.79. The summed E-state index contributed by atoms with van der Waals surface area (Å²) in [5.74, 6) is 0.0356. The lowest BCUT2D eigenvalue weighted by Gasteiger charge is -2.10. The van der Waals surface area contributed by atoms with Crippen LogP contribution in [0.4, 0.5) is 5.69 Å². The fraction of sp³-hybridized carbons (Fsp3) is 0.300. The highest BCUT2D eigenvalue weighted by Crippen LogP contribution is 2.26. The second-order valence-electron chi connectivity index (χ2n) is 2.87. The lowest BCUT2D eigenvalue weighted by Crippen LogP contribution is -2.08. The Morgan fingerprint density at radius 1 is 1.60 bits per heavy atom. The van der Waals surface area contributed by atoms with Crippen molar-refractivity contribution in [1.29, 1.82) is 0 Å². The summed E-state index contributed by atoms with van der Waals surface area (Å²) in [6.07, 6.45) is 1.95. The Balaban J connectivity index is 2.87. The molecule has 4 nitrogen and oxygen atoms in total. The molecule has 0 unspecified atom stereocenters. The van der Waals surface area contributed by atoms with E-state index in [0.29, 0.717) is 12.3 Å². The number of anilines is 1. The van der Waals surface area contributed by atoms with E-state index in [1.54, 1.807) is 23.9 Å². The van der Waals surface area contributed by atoms with Crippen molar-refractivity contribution >= 4 is 23.4 Å². The number of hydrogen-bond donors (Lipinski definition) is 2. The van der Waals surface area contributed by atoms with Gasteiger partial charge in [-0.05, 0) is 18.4 Å². The van der Waals surface area contributed by atoms with Crippen molar-refractivity contribution < 1.29 is 14.6 Å². The molecule has 3 N–H and O–H groups in total. The van der Waals surface area contributed by atoms with E-state index >= 15 is 0 Å². The number of rotatable bonds is 5. The lowest BCUT2D eigenvalue weighted by molar-refractivity contribution is 0.0692. The summed E-state index contributed by atoms with van der Waals surface area (Å²) in [7, 11) is 0. The quantitative estimate of drug-likeness (QED) is 0.591. The standard InChI is InChI=1S/C10H13NO3S/c1-15-6-5-14-9-7(10(12)13)3-2-4-8(9)11/h2-4H,5-6,11H2,1H3,(H,12,13). The van der Waals surface area contributed by atoms with Crippen LogP contribution in [0.2, 0.25) is 0 Å². The Morgan fingerprint density at radius 2 is 2.33 bits per heavy atom. The van der Waals surface area contributed by atoms with Gasteiger partial charge in [-0.25, -0.2) is 4.79 Å². The number of carbonyl (C=O) groups is 1. The number of thioether (sulfide) groups is 1. The van der Waals surface area contributed by atoms with Gasteiger partial charge in [-0.3, -0.25) is 0 Å². The highest BCUT2D eigenvalue weighted by molar-refractivity contribution is 7.98. The molecule has 1 aromatic carbocycles. The minimum absolute atomic E-state index is 0.108. The van der Waals surface area contributed by atoms with Crippen LogP contribution in [0.5, 0.6) is 5.75 Å². The summed E-state index contributed by atoms with van der Waals surface area (Å²) in [5, 5.41) is 8.91. The third kappa shape index (κ3) is 3.06. The van der Waals surface area contributed by atoms with Gasteiger partial charge in [-0.1, -0.05) is 6.07 Å². The molecular weight excluding hydrogens is 214 g/mol. The zero-order chi connectivity index (χ0) is 11.3. The molecule has 0 aliphatic heterocycles. The van der Waals surface area contributed by atoms with Gasteiger partial charge in [0.2, 0.25) is 0 Å². The SMILES string of the molecule is CSCCOc1c(N)cccc1C(=O)O. The fourth-order valence-electron chi connectivity index (χ4n) is 1.11. The predicted molar refractivity (Wildman–Crippen MR) is 61.7 cm³/mol. The van der Waals surface area contributed by atoms with Crippen molar-refractivity contribution in [2.75, 3.05) is 24.3 Å². The molecule has 0 bridgehead atoms. The highest BCUT2D eigenvalue weighted by atomic mass is 32.2. The summed E-state index contributed by atoms with van der Waals surface area (Å²) < 4.78 is 5.34. The van der Waals surface area contributed by atoms with Crippen LogP contribution in [0.1, 0.15) is 10.4 Å². The second kappa shape index (κ2) is 5.50. The first-order valence-electron chi connectivity index (χ1n) is 4.40. The topological polar surface area (TPSA) is 72.5 Å². The summed E-state index contributed by atoms with van der Waals surface area (Å²) in [4.78, 5) is 10.9. The zero-order valence-corrected chi connectivity index (χ0v) is 9.21. The van der Waals surface area contributed by atoms with Crippen molar-refractivity contribution in [1.82, 2.24) is 0 Å². The monoisotopic (exact) mass is 227 g/mol. The van der Waals surface area contributed by atoms with E-state index < -0.39 is 5.97 Å². The van der Waals surface area contributed by atoms with E-state index in [2.05, 4.69) is 0 Å². The van der Waals surface area contributed by atoms with Crippen molar-refractivity contribution in [3.05, 3.63) is 23.8 Å². The number of nitrogen functional groups attached to an aromatic ring is 1. The molecule has 0 saturated carbocycles. The van der Waals surface area contributed by atoms with Crippen LogP contribution in [0.15, 0.2) is 18.2 Å². The zero-order valence-electron chi connectivity index (χ0n) is 8.40. The number of benzene rings is 1. The normalized spacial score (nSPS) is 9.93. The molecule has 82 valence electrons. The predicted octanol–water partition coefficient (Wildman–Crippen LogP) is 1.71. The maximum atomic E-state index is 10.9. The number of nitrogens with two attached hydrogens (primary N) is 1. The average Bonchev–Trinajstić information content (AvgIpc) is 2.20. The summed E-state index contributed by atoms with van der Waals surface area (Å²) in [5.41, 5.74) is 6.11. The summed E-state index contributed by atoms with van der Waals surface area (Å²) in [6, 6.07) is 4.70. The van der Waals surface area contributed by atoms with Crippen LogP contribution >= 0.6 is 11.8 Å². The number of hydrogen-bond acceptors (Lipinski definition) is 4. The number of aromatic carboxylic acids is 1. The van der Waals surface area contributed by atoms with Gasteiger partial charge in [0.05, 0.1) is 12.3 Å². The largest absolute Gasteiger partial charge is 0.490 e. The smallest absolute Gasteiger partial charge is 0.339 e. The fourth-order valence-corrected chi connectivity index (χ4v) is 1.36. The minimum Gasteiger partial charge on any atom is -0.490 e. The molecular formula is C10H13NO3S. The molecule has 0 fully saturated rings. The van der Waals surface area contributed by atoms with Gasteiger partial charge in [0.1, 0.15) is 5.56 Å². The first-order chi connectivity index (χ1) is 7.16. The maximum Gasteiger partial charge on any atom is 0.339 e. The van der Waals surface area contributed by atoms with Crippen LogP contribution in [0.3, 0.4) is 0 Å². The van der Waals surface area contributed by atoms with Crippen LogP contribution in [0.25, 0.3) is 0 Å². The molecule has 0 radical (unpaired) electrons. The Kier molecular flexibility index (Phi) is 4.30. The molecule has 5 heteroatoms. The molecule has 0 heterocycles. The van der Waals surface area contributed by atoms with Gasteiger partial charge in [0.15, 0.2) is 5.75 Å². The number of carboxylic acids is 1. The number of carboxylic acid groups (broad SMARTS) is 1. The molecule has 15 heavy (non-hydrogen) atoms. The van der Waals surface area contributed by atoms with E-state index in [9.17, 15) is 4.79 Å². The minimum atomic E-state index is -1.03. The Morgan fingerprint density at radius 3 is 2.93 bits per heavy atom. The van der Waals surface area contributed by atoms with E-state index in [-0.39, 0.29) is 11.3 Å². The summed E-state index contributed by atoms with van der Waals surface area (Å²) >= 11 is 1.63. The highest BCUT2D eigenvalue weighted by Gasteiger charge is 2.13. The third-order valence-corrected chi connectivity index (χ3v) is 2.38. The van der Waals surface area contributed by atoms with Gasteiger partial charge in [0, 0.05) is 5.75 Å². The first kappa shape index (κ1) is 11.7. The average molecular weight is 227 g/mol. The molecule has 0 aromatic heterocycles. The van der Waals surface area contributed by atoms with Gasteiger partial charge in [0.25, 0.3) is 0 Å². The molecule has 0 atom stereocenters. The second-order valence-corrected chi connectivity index (χ2v) is 3.86. The van der Waals surface area contributed by atoms with Gasteiger partial charge >= 0.3 is 5.97 Å². The number of ether oxygens (including phenoxy) is 1. The molecule has 1 rings (SSSR count). The van der Waals surface area contributed by atoms with Crippen LogP contribution in [0, 0.1) is 0 Å². The maximum absolute atomic E-state index is 10.9. The molecule has 0 aliphatic carbocycles. The van der Waals surface area contributed by atoms with Crippen LogP contribution in [-0.4, -0.2) is 29.7 Å². The summed E-state index contributed by atoms with van der Waals surface area (Å²) in [6.45, 7) is 0.454. The van der Waals surface area contributed by atoms with Gasteiger partial charge in [-0.15, -0.1) is 0 Å². The Hall–Kier alpha value is -1.36. The van der Waals surface area contributed by atoms with E-state index in [1.165, 1.54) is 6.07 Å².